The van der Waals surface area contributed by atoms with E-state index in [4.69, 9.17) is 9.47 Å². The van der Waals surface area contributed by atoms with E-state index >= 15 is 0 Å². The molecule has 4 rings (SSSR count). The summed E-state index contributed by atoms with van der Waals surface area (Å²) in [7, 11) is 0. The van der Waals surface area contributed by atoms with E-state index in [2.05, 4.69) is 0 Å². The van der Waals surface area contributed by atoms with E-state index in [1.165, 1.54) is 0 Å². The second-order valence-corrected chi connectivity index (χ2v) is 6.29. The minimum atomic E-state index is -0.354. The van der Waals surface area contributed by atoms with Crippen LogP contribution in [0.5, 0.6) is 5.75 Å². The highest BCUT2D eigenvalue weighted by Gasteiger charge is 2.22. The molecular formula is C20H20N2O4. The van der Waals surface area contributed by atoms with Crippen molar-refractivity contribution in [1.82, 2.24) is 9.30 Å². The quantitative estimate of drug-likeness (QED) is 0.672. The number of carbonyl (C=O) groups is 2. The van der Waals surface area contributed by atoms with Crippen LogP contribution in [-0.2, 0) is 4.74 Å². The molecule has 0 atom stereocenters. The number of ether oxygens (including phenoxy) is 2. The summed E-state index contributed by atoms with van der Waals surface area (Å²) in [6.07, 6.45) is 3.58. The third-order valence-corrected chi connectivity index (χ3v) is 4.66. The highest BCUT2D eigenvalue weighted by Crippen LogP contribution is 2.30. The Hall–Kier alpha value is -3.02. The van der Waals surface area contributed by atoms with Crippen molar-refractivity contribution in [2.45, 2.75) is 19.8 Å². The first-order valence-corrected chi connectivity index (χ1v) is 8.85. The SMILES string of the molecule is CCOC(=O)c1c2ccc(OC(=O)N3CCCC3)cc2n2ccccc12. The van der Waals surface area contributed by atoms with Gasteiger partial charge in [0, 0.05) is 30.7 Å². The van der Waals surface area contributed by atoms with Gasteiger partial charge in [-0.25, -0.2) is 9.59 Å². The first kappa shape index (κ1) is 16.4. The van der Waals surface area contributed by atoms with Crippen LogP contribution >= 0.6 is 0 Å². The summed E-state index contributed by atoms with van der Waals surface area (Å²) in [6.45, 7) is 3.58. The summed E-state index contributed by atoms with van der Waals surface area (Å²) in [5, 5.41) is 0.774. The molecule has 134 valence electrons. The Kier molecular flexibility index (Phi) is 4.24. The summed E-state index contributed by atoms with van der Waals surface area (Å²) in [5.41, 5.74) is 2.10. The van der Waals surface area contributed by atoms with Crippen molar-refractivity contribution in [2.24, 2.45) is 0 Å². The lowest BCUT2D eigenvalue weighted by Crippen LogP contribution is -2.30. The molecule has 0 N–H and O–H groups in total. The topological polar surface area (TPSA) is 60.2 Å². The number of likely N-dealkylation sites (tertiary alicyclic amines) is 1. The fourth-order valence-corrected chi connectivity index (χ4v) is 3.46. The first-order chi connectivity index (χ1) is 12.7. The van der Waals surface area contributed by atoms with Gasteiger partial charge in [0.1, 0.15) is 5.75 Å². The van der Waals surface area contributed by atoms with Gasteiger partial charge in [0.15, 0.2) is 0 Å². The van der Waals surface area contributed by atoms with Crippen molar-refractivity contribution in [3.05, 3.63) is 48.2 Å². The Morgan fingerprint density at radius 3 is 2.65 bits per heavy atom. The monoisotopic (exact) mass is 352 g/mol. The molecule has 1 saturated heterocycles. The molecule has 0 bridgehead atoms. The second-order valence-electron chi connectivity index (χ2n) is 6.29. The number of fused-ring (bicyclic) bond motifs is 3. The fraction of sp³-hybridized carbons (Fsp3) is 0.300. The Balaban J connectivity index is 1.77. The molecule has 0 saturated carbocycles. The lowest BCUT2D eigenvalue weighted by atomic mass is 10.1. The minimum absolute atomic E-state index is 0.316. The smallest absolute Gasteiger partial charge is 0.415 e. The van der Waals surface area contributed by atoms with Crippen molar-refractivity contribution < 1.29 is 19.1 Å². The van der Waals surface area contributed by atoms with Gasteiger partial charge in [-0.1, -0.05) is 6.07 Å². The zero-order valence-electron chi connectivity index (χ0n) is 14.6. The van der Waals surface area contributed by atoms with E-state index < -0.39 is 0 Å². The Morgan fingerprint density at radius 1 is 1.08 bits per heavy atom. The number of esters is 1. The molecule has 0 radical (unpaired) electrons. The second kappa shape index (κ2) is 6.71. The van der Waals surface area contributed by atoms with Crippen LogP contribution in [0, 0.1) is 0 Å². The summed E-state index contributed by atoms with van der Waals surface area (Å²) < 4.78 is 12.7. The van der Waals surface area contributed by atoms with Gasteiger partial charge in [-0.05, 0) is 44.0 Å². The molecule has 2 aromatic heterocycles. The molecule has 1 aromatic carbocycles. The summed E-state index contributed by atoms with van der Waals surface area (Å²) in [4.78, 5) is 26.4. The Labute approximate surface area is 150 Å². The number of aromatic nitrogens is 1. The predicted octanol–water partition coefficient (Wildman–Crippen LogP) is 3.86. The van der Waals surface area contributed by atoms with Gasteiger partial charge in [-0.3, -0.25) is 0 Å². The van der Waals surface area contributed by atoms with E-state index in [9.17, 15) is 9.59 Å². The first-order valence-electron chi connectivity index (χ1n) is 8.85. The van der Waals surface area contributed by atoms with E-state index in [0.29, 0.717) is 17.9 Å². The number of pyridine rings is 1. The lowest BCUT2D eigenvalue weighted by Gasteiger charge is -2.14. The Morgan fingerprint density at radius 2 is 1.88 bits per heavy atom. The molecule has 6 nitrogen and oxygen atoms in total. The number of hydrogen-bond donors (Lipinski definition) is 0. The van der Waals surface area contributed by atoms with Gasteiger partial charge in [-0.15, -0.1) is 0 Å². The van der Waals surface area contributed by atoms with Crippen LogP contribution in [0.15, 0.2) is 42.6 Å². The van der Waals surface area contributed by atoms with Crippen molar-refractivity contribution >= 4 is 28.5 Å². The molecule has 3 aromatic rings. The third kappa shape index (κ3) is 2.77. The maximum Gasteiger partial charge on any atom is 0.415 e. The van der Waals surface area contributed by atoms with Crippen LogP contribution in [0.2, 0.25) is 0 Å². The van der Waals surface area contributed by atoms with Gasteiger partial charge in [-0.2, -0.15) is 0 Å². The zero-order chi connectivity index (χ0) is 18.1. The number of amides is 1. The maximum absolute atomic E-state index is 12.4. The van der Waals surface area contributed by atoms with Crippen LogP contribution < -0.4 is 4.74 Å². The van der Waals surface area contributed by atoms with Crippen LogP contribution in [0.25, 0.3) is 16.4 Å². The van der Waals surface area contributed by atoms with Crippen molar-refractivity contribution in [3.8, 4) is 5.75 Å². The Bertz CT molecular complexity index is 986. The maximum atomic E-state index is 12.4. The zero-order valence-corrected chi connectivity index (χ0v) is 14.6. The highest BCUT2D eigenvalue weighted by atomic mass is 16.6. The van der Waals surface area contributed by atoms with Gasteiger partial charge < -0.3 is 18.8 Å². The summed E-state index contributed by atoms with van der Waals surface area (Å²) >= 11 is 0. The molecule has 6 heteroatoms. The van der Waals surface area contributed by atoms with Gasteiger partial charge in [0.25, 0.3) is 0 Å². The predicted molar refractivity (Wildman–Crippen MR) is 97.7 cm³/mol. The summed E-state index contributed by atoms with van der Waals surface area (Å²) in [6, 6.07) is 11.0. The van der Waals surface area contributed by atoms with Gasteiger partial charge in [0.2, 0.25) is 0 Å². The molecule has 0 spiro atoms. The summed E-state index contributed by atoms with van der Waals surface area (Å²) in [5.74, 6) is 0.112. The molecule has 0 unspecified atom stereocenters. The van der Waals surface area contributed by atoms with Crippen molar-refractivity contribution in [1.29, 1.82) is 0 Å². The molecule has 1 aliphatic heterocycles. The molecule has 1 amide bonds. The van der Waals surface area contributed by atoms with E-state index in [-0.39, 0.29) is 12.1 Å². The average molecular weight is 352 g/mol. The molecule has 0 aliphatic carbocycles. The normalized spacial score (nSPS) is 14.1. The minimum Gasteiger partial charge on any atom is -0.462 e. The van der Waals surface area contributed by atoms with Crippen LogP contribution in [-0.4, -0.2) is 41.1 Å². The molecule has 1 fully saturated rings. The standard InChI is InChI=1S/C20H20N2O4/c1-2-25-19(23)18-15-9-8-14(26-20(24)21-10-5-6-11-21)13-17(15)22-12-4-3-7-16(18)22/h3-4,7-9,12-13H,2,5-6,10-11H2,1H3. The van der Waals surface area contributed by atoms with E-state index in [0.717, 1.165) is 42.4 Å². The van der Waals surface area contributed by atoms with Gasteiger partial charge in [0.05, 0.1) is 23.2 Å². The molecule has 1 aliphatic rings. The fourth-order valence-electron chi connectivity index (χ4n) is 3.46. The average Bonchev–Trinajstić information content (AvgIpc) is 3.28. The number of hydrogen-bond acceptors (Lipinski definition) is 4. The van der Waals surface area contributed by atoms with Crippen LogP contribution in [0.3, 0.4) is 0 Å². The number of nitrogens with zero attached hydrogens (tertiary/aromatic N) is 2. The third-order valence-electron chi connectivity index (χ3n) is 4.66. The molecule has 26 heavy (non-hydrogen) atoms. The molecule has 3 heterocycles. The number of benzene rings is 1. The lowest BCUT2D eigenvalue weighted by molar-refractivity contribution is 0.0531. The van der Waals surface area contributed by atoms with Gasteiger partial charge >= 0.3 is 12.1 Å². The van der Waals surface area contributed by atoms with E-state index in [1.807, 2.05) is 28.8 Å². The molecular weight excluding hydrogens is 332 g/mol. The number of rotatable bonds is 3. The number of carbonyl (C=O) groups excluding carboxylic acids is 2. The van der Waals surface area contributed by atoms with Crippen molar-refractivity contribution in [2.75, 3.05) is 19.7 Å². The van der Waals surface area contributed by atoms with Crippen molar-refractivity contribution in [3.63, 3.8) is 0 Å². The van der Waals surface area contributed by atoms with Crippen LogP contribution in [0.1, 0.15) is 30.1 Å². The largest absolute Gasteiger partial charge is 0.462 e. The highest BCUT2D eigenvalue weighted by molar-refractivity contribution is 6.12. The van der Waals surface area contributed by atoms with Crippen LogP contribution in [0.4, 0.5) is 4.79 Å². The van der Waals surface area contributed by atoms with E-state index in [1.54, 1.807) is 30.0 Å².